The minimum Gasteiger partial charge on any atom is -0.158 e. The number of hydrogen-bond acceptors (Lipinski definition) is 1. The first-order valence-corrected chi connectivity index (χ1v) is 3.76. The highest BCUT2D eigenvalue weighted by atomic mass is 35.5. The number of nitrogens with zero attached hydrogens (tertiary/aromatic N) is 2. The molecular formula is C7H3Cl2N2. The van der Waals surface area contributed by atoms with Gasteiger partial charge in [0.1, 0.15) is 0 Å². The Kier molecular flexibility index (Phi) is 1.51. The molecule has 2 nitrogen and oxygen atoms in total. The summed E-state index contributed by atoms with van der Waals surface area (Å²) < 4.78 is 0. The zero-order valence-corrected chi connectivity index (χ0v) is 6.89. The van der Waals surface area contributed by atoms with Gasteiger partial charge in [0.05, 0.1) is 21.9 Å². The molecule has 0 saturated heterocycles. The highest BCUT2D eigenvalue weighted by molar-refractivity contribution is 6.42. The Bertz CT molecular complexity index is 333. The Balaban J connectivity index is 2.63. The Morgan fingerprint density at radius 1 is 1.09 bits per heavy atom. The van der Waals surface area contributed by atoms with Crippen LogP contribution in [-0.2, 0) is 0 Å². The predicted molar refractivity (Wildman–Crippen MR) is 45.9 cm³/mol. The molecule has 1 aliphatic rings. The molecule has 0 spiro atoms. The van der Waals surface area contributed by atoms with Gasteiger partial charge in [0.15, 0.2) is 0 Å². The zero-order chi connectivity index (χ0) is 7.84. The van der Waals surface area contributed by atoms with Crippen molar-refractivity contribution in [3.63, 3.8) is 0 Å². The smallest absolute Gasteiger partial charge is 0.0961 e. The monoisotopic (exact) mass is 185 g/mol. The number of benzene rings is 1. The minimum absolute atomic E-state index is 0.514. The van der Waals surface area contributed by atoms with E-state index in [-0.39, 0.29) is 0 Å². The van der Waals surface area contributed by atoms with Gasteiger partial charge in [-0.15, -0.1) is 0 Å². The lowest BCUT2D eigenvalue weighted by atomic mass is 10.2. The second-order valence-corrected chi connectivity index (χ2v) is 2.98. The van der Waals surface area contributed by atoms with Gasteiger partial charge in [-0.05, 0) is 12.1 Å². The topological polar surface area (TPSA) is 26.5 Å². The van der Waals surface area contributed by atoms with Crippen LogP contribution < -0.4 is 5.43 Å². The van der Waals surface area contributed by atoms with Crippen LogP contribution in [0.5, 0.6) is 0 Å². The van der Waals surface area contributed by atoms with Crippen LogP contribution in [0.1, 0.15) is 5.56 Å². The highest BCUT2D eigenvalue weighted by Crippen LogP contribution is 2.29. The fourth-order valence-electron chi connectivity index (χ4n) is 0.895. The van der Waals surface area contributed by atoms with Gasteiger partial charge in [0.25, 0.3) is 0 Å². The number of halogens is 2. The molecule has 0 saturated carbocycles. The molecule has 0 N–H and O–H groups in total. The summed E-state index contributed by atoms with van der Waals surface area (Å²) in [6.07, 6.45) is 1.65. The van der Waals surface area contributed by atoms with E-state index >= 15 is 0 Å². The molecule has 11 heavy (non-hydrogen) atoms. The average molecular weight is 186 g/mol. The van der Waals surface area contributed by atoms with Gasteiger partial charge in [-0.3, -0.25) is 0 Å². The van der Waals surface area contributed by atoms with E-state index < -0.39 is 0 Å². The summed E-state index contributed by atoms with van der Waals surface area (Å²) in [5.41, 5.74) is 5.52. The molecule has 0 fully saturated rings. The van der Waals surface area contributed by atoms with E-state index in [4.69, 9.17) is 23.2 Å². The average Bonchev–Trinajstić information content (AvgIpc) is 2.36. The fraction of sp³-hybridized carbons (Fsp3) is 0. The van der Waals surface area contributed by atoms with Gasteiger partial charge < -0.3 is 0 Å². The molecule has 1 heterocycles. The molecule has 1 aliphatic heterocycles. The molecule has 1 aromatic rings. The Hall–Kier alpha value is -0.730. The van der Waals surface area contributed by atoms with E-state index in [2.05, 4.69) is 10.5 Å². The van der Waals surface area contributed by atoms with Gasteiger partial charge >= 0.3 is 0 Å². The molecule has 0 unspecified atom stereocenters. The van der Waals surface area contributed by atoms with Crippen LogP contribution in [0.25, 0.3) is 0 Å². The summed E-state index contributed by atoms with van der Waals surface area (Å²) >= 11 is 11.5. The van der Waals surface area contributed by atoms with Crippen LogP contribution in [0.15, 0.2) is 17.2 Å². The van der Waals surface area contributed by atoms with E-state index in [1.165, 1.54) is 0 Å². The summed E-state index contributed by atoms with van der Waals surface area (Å²) in [5.74, 6) is 0. The molecule has 0 atom stereocenters. The van der Waals surface area contributed by atoms with Crippen LogP contribution in [0, 0.1) is 0 Å². The van der Waals surface area contributed by atoms with Crippen LogP contribution in [-0.4, -0.2) is 6.21 Å². The first-order chi connectivity index (χ1) is 5.27. The summed E-state index contributed by atoms with van der Waals surface area (Å²) in [6, 6.07) is 3.45. The maximum atomic E-state index is 5.76. The molecule has 0 aliphatic carbocycles. The Morgan fingerprint density at radius 3 is 2.64 bits per heavy atom. The van der Waals surface area contributed by atoms with Gasteiger partial charge in [-0.25, -0.2) is 0 Å². The fourth-order valence-corrected chi connectivity index (χ4v) is 1.23. The van der Waals surface area contributed by atoms with Gasteiger partial charge in [-0.1, -0.05) is 23.2 Å². The molecule has 4 heteroatoms. The third-order valence-corrected chi connectivity index (χ3v) is 2.15. The van der Waals surface area contributed by atoms with Crippen molar-refractivity contribution in [1.29, 1.82) is 0 Å². The lowest BCUT2D eigenvalue weighted by Crippen LogP contribution is -1.82. The van der Waals surface area contributed by atoms with Crippen LogP contribution in [0.4, 0.5) is 5.69 Å². The van der Waals surface area contributed by atoms with E-state index in [0.717, 1.165) is 11.3 Å². The van der Waals surface area contributed by atoms with Crippen molar-refractivity contribution in [3.05, 3.63) is 27.7 Å². The van der Waals surface area contributed by atoms with Crippen molar-refractivity contribution in [2.45, 2.75) is 0 Å². The lowest BCUT2D eigenvalue weighted by molar-refractivity contribution is 0.992. The lowest BCUT2D eigenvalue weighted by Gasteiger charge is -1.97. The quantitative estimate of drug-likeness (QED) is 0.595. The Morgan fingerprint density at radius 2 is 1.82 bits per heavy atom. The Labute approximate surface area is 73.8 Å². The van der Waals surface area contributed by atoms with Crippen LogP contribution >= 0.6 is 23.2 Å². The van der Waals surface area contributed by atoms with Crippen LogP contribution in [0.3, 0.4) is 0 Å². The molecule has 0 aromatic heterocycles. The molecule has 0 amide bonds. The predicted octanol–water partition coefficient (Wildman–Crippen LogP) is 2.58. The standard InChI is InChI=1S/C7H3Cl2N2/c8-5-1-4-3-10-11-7(4)2-6(5)9/h1-3H. The largest absolute Gasteiger partial charge is 0.158 e. The van der Waals surface area contributed by atoms with Crippen molar-refractivity contribution in [3.8, 4) is 0 Å². The third-order valence-electron chi connectivity index (χ3n) is 1.43. The zero-order valence-electron chi connectivity index (χ0n) is 5.38. The van der Waals surface area contributed by atoms with Gasteiger partial charge in [0, 0.05) is 5.56 Å². The first kappa shape index (κ1) is 6.95. The number of hydrogen-bond donors (Lipinski definition) is 0. The van der Waals surface area contributed by atoms with Crippen molar-refractivity contribution in [2.24, 2.45) is 5.10 Å². The second kappa shape index (κ2) is 2.40. The SMILES string of the molecule is Clc1cc2c(cc1Cl)[N]N=C2. The minimum atomic E-state index is 0.514. The van der Waals surface area contributed by atoms with E-state index in [0.29, 0.717) is 10.0 Å². The third kappa shape index (κ3) is 1.08. The second-order valence-electron chi connectivity index (χ2n) is 2.17. The molecule has 1 aromatic carbocycles. The van der Waals surface area contributed by atoms with Gasteiger partial charge in [0.2, 0.25) is 0 Å². The number of fused-ring (bicyclic) bond motifs is 1. The first-order valence-electron chi connectivity index (χ1n) is 3.00. The van der Waals surface area contributed by atoms with E-state index in [9.17, 15) is 0 Å². The summed E-state index contributed by atoms with van der Waals surface area (Å²) in [5, 5.41) is 4.77. The van der Waals surface area contributed by atoms with Crippen LogP contribution in [0.2, 0.25) is 10.0 Å². The van der Waals surface area contributed by atoms with Crippen molar-refractivity contribution in [1.82, 2.24) is 5.43 Å². The van der Waals surface area contributed by atoms with Crippen molar-refractivity contribution < 1.29 is 0 Å². The highest BCUT2D eigenvalue weighted by Gasteiger charge is 2.10. The maximum absolute atomic E-state index is 5.76. The number of rotatable bonds is 0. The molecule has 1 radical (unpaired) electrons. The van der Waals surface area contributed by atoms with E-state index in [1.54, 1.807) is 18.3 Å². The van der Waals surface area contributed by atoms with Crippen molar-refractivity contribution in [2.75, 3.05) is 0 Å². The summed E-state index contributed by atoms with van der Waals surface area (Å²) in [6.45, 7) is 0. The van der Waals surface area contributed by atoms with Gasteiger partial charge in [-0.2, -0.15) is 10.5 Å². The van der Waals surface area contributed by atoms with E-state index in [1.807, 2.05) is 0 Å². The normalized spacial score (nSPS) is 12.9. The molecule has 0 bridgehead atoms. The molecule has 55 valence electrons. The van der Waals surface area contributed by atoms with Crippen molar-refractivity contribution >= 4 is 35.1 Å². The molecular weight excluding hydrogens is 183 g/mol. The summed E-state index contributed by atoms with van der Waals surface area (Å²) in [4.78, 5) is 0. The maximum Gasteiger partial charge on any atom is 0.0961 e. The molecule has 2 rings (SSSR count). The summed E-state index contributed by atoms with van der Waals surface area (Å²) in [7, 11) is 0.